The molecule has 0 radical (unpaired) electrons. The zero-order chi connectivity index (χ0) is 11.4. The summed E-state index contributed by atoms with van der Waals surface area (Å²) in [5.41, 5.74) is 2.16. The summed E-state index contributed by atoms with van der Waals surface area (Å²) in [5, 5.41) is 10.2. The zero-order valence-corrected chi connectivity index (χ0v) is 11.4. The van der Waals surface area contributed by atoms with Crippen LogP contribution in [0, 0.1) is 6.92 Å². The van der Waals surface area contributed by atoms with Gasteiger partial charge in [-0.05, 0) is 0 Å². The number of phenolic OH excluding ortho intramolecular Hbond substituents is 1. The van der Waals surface area contributed by atoms with Crippen molar-refractivity contribution in [3.8, 4) is 5.75 Å². The van der Waals surface area contributed by atoms with Gasteiger partial charge in [-0.1, -0.05) is 0 Å². The van der Waals surface area contributed by atoms with Crippen LogP contribution in [0.5, 0.6) is 5.75 Å². The molecule has 0 aliphatic rings. The van der Waals surface area contributed by atoms with Crippen LogP contribution in [0.25, 0.3) is 0 Å². The molecule has 1 aromatic rings. The first-order valence-corrected chi connectivity index (χ1v) is 8.93. The number of aromatic hydroxyl groups is 1. The molecule has 0 aromatic heterocycles. The number of hydrogen-bond acceptors (Lipinski definition) is 3. The number of benzene rings is 1. The minimum absolute atomic E-state index is 0.0267. The second-order valence-corrected chi connectivity index (χ2v) is 6.07. The third-order valence-corrected chi connectivity index (χ3v) is 3.91. The molecule has 82 valence electrons. The third kappa shape index (κ3) is 2.88. The van der Waals surface area contributed by atoms with Gasteiger partial charge in [0.05, 0.1) is 0 Å². The number of carbonyl (C=O) groups excluding carboxylic acids is 1. The van der Waals surface area contributed by atoms with E-state index in [9.17, 15) is 9.90 Å². The maximum absolute atomic E-state index is 11.5. The van der Waals surface area contributed by atoms with Crippen LogP contribution in [0.3, 0.4) is 0 Å². The first-order chi connectivity index (χ1) is 7.10. The van der Waals surface area contributed by atoms with E-state index in [2.05, 4.69) is 7.49 Å². The van der Waals surface area contributed by atoms with Gasteiger partial charge in [0.2, 0.25) is 0 Å². The Kier molecular flexibility index (Phi) is 4.46. The molecule has 1 aromatic carbocycles. The van der Waals surface area contributed by atoms with Crippen molar-refractivity contribution in [1.29, 1.82) is 0 Å². The Hall–Kier alpha value is -0.691. The molecule has 0 aliphatic heterocycles. The quantitative estimate of drug-likeness (QED) is 0.521. The van der Waals surface area contributed by atoms with Crippen molar-refractivity contribution in [2.24, 2.45) is 0 Å². The normalized spacial score (nSPS) is 10.0. The molecule has 0 bridgehead atoms. The van der Waals surface area contributed by atoms with E-state index in [-0.39, 0.29) is 25.8 Å². The van der Waals surface area contributed by atoms with Gasteiger partial charge in [0.1, 0.15) is 0 Å². The van der Waals surface area contributed by atoms with E-state index in [4.69, 9.17) is 4.74 Å². The summed E-state index contributed by atoms with van der Waals surface area (Å²) in [6.07, 6.45) is 0. The Morgan fingerprint density at radius 3 is 2.80 bits per heavy atom. The summed E-state index contributed by atoms with van der Waals surface area (Å²) < 4.78 is 4.72. The molecule has 0 heterocycles. The van der Waals surface area contributed by atoms with Gasteiger partial charge in [0.15, 0.2) is 0 Å². The molecule has 0 saturated heterocycles. The van der Waals surface area contributed by atoms with Gasteiger partial charge in [-0.3, -0.25) is 0 Å². The van der Waals surface area contributed by atoms with Crippen molar-refractivity contribution in [3.63, 3.8) is 0 Å². The van der Waals surface area contributed by atoms with E-state index >= 15 is 0 Å². The Morgan fingerprint density at radius 2 is 2.27 bits per heavy atom. The fourth-order valence-electron chi connectivity index (χ4n) is 1.44. The van der Waals surface area contributed by atoms with Gasteiger partial charge in [0, 0.05) is 0 Å². The summed E-state index contributed by atoms with van der Waals surface area (Å²) in [6, 6.07) is 3.19. The summed E-state index contributed by atoms with van der Waals surface area (Å²) in [6.45, 7) is 1.79. The predicted octanol–water partition coefficient (Wildman–Crippen LogP) is 1.48. The standard InChI is InChI=1S/C10H13O3PSe/c1-6-3-8(11)4-7(5-15-14)9(6)10(12)13-2/h3-4,11,14-15H,5H2,1-2H3. The summed E-state index contributed by atoms with van der Waals surface area (Å²) in [5.74, 6) is -0.153. The van der Waals surface area contributed by atoms with Gasteiger partial charge in [-0.25, -0.2) is 0 Å². The van der Waals surface area contributed by atoms with E-state index in [1.807, 2.05) is 0 Å². The molecular weight excluding hydrogens is 278 g/mol. The molecule has 5 heteroatoms. The second-order valence-electron chi connectivity index (χ2n) is 3.10. The van der Waals surface area contributed by atoms with Crippen LogP contribution in [0.15, 0.2) is 12.1 Å². The Morgan fingerprint density at radius 1 is 1.60 bits per heavy atom. The van der Waals surface area contributed by atoms with Crippen molar-refractivity contribution in [1.82, 2.24) is 0 Å². The van der Waals surface area contributed by atoms with Crippen LogP contribution < -0.4 is 0 Å². The maximum atomic E-state index is 11.5. The SMILES string of the molecule is COC(=O)c1c(C)cc(O)cc1C[SeH]=P. The van der Waals surface area contributed by atoms with Gasteiger partial charge in [0.25, 0.3) is 0 Å². The van der Waals surface area contributed by atoms with E-state index in [0.29, 0.717) is 5.56 Å². The fourth-order valence-corrected chi connectivity index (χ4v) is 3.21. The number of esters is 1. The van der Waals surface area contributed by atoms with E-state index < -0.39 is 0 Å². The third-order valence-electron chi connectivity index (χ3n) is 2.04. The molecule has 0 spiro atoms. The van der Waals surface area contributed by atoms with Gasteiger partial charge >= 0.3 is 96.1 Å². The molecule has 0 atom stereocenters. The van der Waals surface area contributed by atoms with Crippen molar-refractivity contribution < 1.29 is 14.6 Å². The monoisotopic (exact) mass is 292 g/mol. The first kappa shape index (κ1) is 12.4. The second kappa shape index (κ2) is 5.41. The summed E-state index contributed by atoms with van der Waals surface area (Å²) >= 11 is -0.0267. The topological polar surface area (TPSA) is 46.5 Å². The van der Waals surface area contributed by atoms with Crippen molar-refractivity contribution in [2.45, 2.75) is 12.2 Å². The molecule has 0 saturated carbocycles. The molecular formula is C10H13O3PSe. The van der Waals surface area contributed by atoms with Crippen LogP contribution in [-0.4, -0.2) is 32.2 Å². The van der Waals surface area contributed by atoms with Gasteiger partial charge in [-0.2, -0.15) is 0 Å². The number of aryl methyl sites for hydroxylation is 1. The van der Waals surface area contributed by atoms with Crippen LogP contribution in [0.1, 0.15) is 21.5 Å². The number of phenols is 1. The number of ether oxygens (including phenoxy) is 1. The molecule has 0 unspecified atom stereocenters. The first-order valence-electron chi connectivity index (χ1n) is 4.34. The number of methoxy groups -OCH3 is 1. The minimum atomic E-state index is -0.344. The van der Waals surface area contributed by atoms with Crippen molar-refractivity contribution in [3.05, 3.63) is 28.8 Å². The molecule has 15 heavy (non-hydrogen) atoms. The Labute approximate surface area is 96.3 Å². The molecule has 1 rings (SSSR count). The van der Waals surface area contributed by atoms with Crippen LogP contribution in [-0.2, 0) is 10.1 Å². The number of rotatable bonds is 3. The van der Waals surface area contributed by atoms with E-state index in [0.717, 1.165) is 16.4 Å². The molecule has 1 N–H and O–H groups in total. The molecule has 0 aliphatic carbocycles. The molecule has 0 amide bonds. The van der Waals surface area contributed by atoms with Gasteiger partial charge < -0.3 is 0 Å². The van der Waals surface area contributed by atoms with Crippen LogP contribution in [0.4, 0.5) is 0 Å². The van der Waals surface area contributed by atoms with E-state index in [1.165, 1.54) is 7.11 Å². The van der Waals surface area contributed by atoms with Crippen molar-refractivity contribution >= 4 is 27.5 Å². The zero-order valence-electron chi connectivity index (χ0n) is 8.57. The fraction of sp³-hybridized carbons (Fsp3) is 0.300. The average molecular weight is 291 g/mol. The average Bonchev–Trinajstić information content (AvgIpc) is 2.16. The molecule has 0 fully saturated rings. The van der Waals surface area contributed by atoms with Gasteiger partial charge in [-0.15, -0.1) is 0 Å². The summed E-state index contributed by atoms with van der Waals surface area (Å²) in [7, 11) is 4.81. The number of hydrogen-bond donors (Lipinski definition) is 1. The van der Waals surface area contributed by atoms with Crippen LogP contribution >= 0.6 is 7.49 Å². The van der Waals surface area contributed by atoms with Crippen LogP contribution in [0.2, 0.25) is 0 Å². The van der Waals surface area contributed by atoms with E-state index in [1.54, 1.807) is 19.1 Å². The predicted molar refractivity (Wildman–Crippen MR) is 63.4 cm³/mol. The Bertz CT molecular complexity index is 404. The number of carbonyl (C=O) groups is 1. The molecule has 3 nitrogen and oxygen atoms in total. The van der Waals surface area contributed by atoms with Crippen molar-refractivity contribution in [2.75, 3.05) is 7.11 Å². The summed E-state index contributed by atoms with van der Waals surface area (Å²) in [4.78, 5) is 11.5. The Balaban J connectivity index is 3.32.